The van der Waals surface area contributed by atoms with Crippen LogP contribution >= 0.6 is 0 Å². The van der Waals surface area contributed by atoms with Crippen LogP contribution in [0.1, 0.15) is 75.6 Å². The Morgan fingerprint density at radius 3 is 2.45 bits per heavy atom. The van der Waals surface area contributed by atoms with E-state index in [0.717, 1.165) is 79.4 Å². The van der Waals surface area contributed by atoms with E-state index in [9.17, 15) is 24.0 Å². The Balaban J connectivity index is 0.859. The SMILES string of the molecule is N/C=C\C=C(/N)OC1CCC(c2cc(NC(=O)Cc3ccc(CN4CCN(c5ccc6c(c5)C(=O)N(C5CCC(=O)NC5=O)C6=O)CC4)cc3)n[nH]2)C1. The molecular weight excluding hydrogens is 678 g/mol. The molecule has 4 heterocycles. The summed E-state index contributed by atoms with van der Waals surface area (Å²) in [5.41, 5.74) is 15.6. The number of anilines is 2. The second-order valence-electron chi connectivity index (χ2n) is 13.9. The van der Waals surface area contributed by atoms with Gasteiger partial charge in [-0.1, -0.05) is 24.3 Å². The van der Waals surface area contributed by atoms with Crippen LogP contribution in [0, 0.1) is 0 Å². The molecule has 0 radical (unpaired) electrons. The largest absolute Gasteiger partial charge is 0.476 e. The number of amides is 5. The number of nitrogens with zero attached hydrogens (tertiary/aromatic N) is 4. The van der Waals surface area contributed by atoms with Crippen molar-refractivity contribution < 1.29 is 28.7 Å². The van der Waals surface area contributed by atoms with Crippen molar-refractivity contribution in [3.8, 4) is 0 Å². The van der Waals surface area contributed by atoms with Gasteiger partial charge in [-0.15, -0.1) is 0 Å². The van der Waals surface area contributed by atoms with Gasteiger partial charge in [0.1, 0.15) is 12.1 Å². The highest BCUT2D eigenvalue weighted by molar-refractivity contribution is 6.23. The van der Waals surface area contributed by atoms with E-state index in [4.69, 9.17) is 16.2 Å². The molecule has 0 spiro atoms. The summed E-state index contributed by atoms with van der Waals surface area (Å²) in [6.07, 6.45) is 7.70. The molecule has 1 aromatic heterocycles. The Kier molecular flexibility index (Phi) is 10.3. The number of carbonyl (C=O) groups excluding carboxylic acids is 5. The number of carbonyl (C=O) groups is 5. The van der Waals surface area contributed by atoms with Gasteiger partial charge in [-0.05, 0) is 73.4 Å². The number of allylic oxidation sites excluding steroid dienone is 2. The second kappa shape index (κ2) is 15.3. The number of hydrogen-bond acceptors (Lipinski definition) is 11. The third-order valence-corrected chi connectivity index (χ3v) is 10.3. The second-order valence-corrected chi connectivity index (χ2v) is 13.9. The van der Waals surface area contributed by atoms with E-state index < -0.39 is 29.7 Å². The summed E-state index contributed by atoms with van der Waals surface area (Å²) in [6.45, 7) is 3.83. The summed E-state index contributed by atoms with van der Waals surface area (Å²) in [6, 6.07) is 14.2. The number of ether oxygens (including phenoxy) is 1. The molecule has 3 aliphatic heterocycles. The number of aromatic nitrogens is 2. The maximum atomic E-state index is 13.3. The molecule has 3 atom stereocenters. The molecule has 2 aromatic carbocycles. The van der Waals surface area contributed by atoms with Crippen molar-refractivity contribution in [1.82, 2.24) is 25.3 Å². The van der Waals surface area contributed by atoms with Crippen LogP contribution in [-0.2, 0) is 32.1 Å². The zero-order valence-corrected chi connectivity index (χ0v) is 29.3. The van der Waals surface area contributed by atoms with E-state index in [-0.39, 0.29) is 48.3 Å². The maximum Gasteiger partial charge on any atom is 0.262 e. The first kappa shape index (κ1) is 35.4. The summed E-state index contributed by atoms with van der Waals surface area (Å²) in [5, 5.41) is 12.5. The minimum atomic E-state index is -0.985. The first-order chi connectivity index (χ1) is 25.6. The predicted octanol–water partition coefficient (Wildman–Crippen LogP) is 2.24. The first-order valence-corrected chi connectivity index (χ1v) is 17.9. The van der Waals surface area contributed by atoms with Crippen molar-refractivity contribution in [2.45, 2.75) is 63.1 Å². The van der Waals surface area contributed by atoms with Crippen molar-refractivity contribution in [3.05, 3.63) is 101 Å². The van der Waals surface area contributed by atoms with Crippen LogP contribution < -0.4 is 27.0 Å². The Labute approximate surface area is 306 Å². The molecule has 1 saturated carbocycles. The number of aromatic amines is 1. The van der Waals surface area contributed by atoms with Crippen molar-refractivity contribution >= 4 is 41.0 Å². The molecule has 276 valence electrons. The smallest absolute Gasteiger partial charge is 0.262 e. The van der Waals surface area contributed by atoms with Gasteiger partial charge in [0.15, 0.2) is 11.7 Å². The number of hydrogen-bond donors (Lipinski definition) is 5. The molecule has 2 saturated heterocycles. The number of nitrogens with one attached hydrogen (secondary N) is 3. The highest BCUT2D eigenvalue weighted by Crippen LogP contribution is 2.36. The highest BCUT2D eigenvalue weighted by Gasteiger charge is 2.44. The number of rotatable bonds is 11. The molecule has 3 unspecified atom stereocenters. The monoisotopic (exact) mass is 721 g/mol. The van der Waals surface area contributed by atoms with Gasteiger partial charge in [0.25, 0.3) is 11.8 Å². The number of piperazine rings is 1. The summed E-state index contributed by atoms with van der Waals surface area (Å²) in [4.78, 5) is 68.7. The van der Waals surface area contributed by atoms with E-state index in [1.54, 1.807) is 24.3 Å². The predicted molar refractivity (Wildman–Crippen MR) is 195 cm³/mol. The lowest BCUT2D eigenvalue weighted by Gasteiger charge is -2.36. The van der Waals surface area contributed by atoms with Gasteiger partial charge in [-0.2, -0.15) is 5.10 Å². The van der Waals surface area contributed by atoms with Crippen molar-refractivity contribution in [2.24, 2.45) is 11.5 Å². The van der Waals surface area contributed by atoms with E-state index in [0.29, 0.717) is 11.7 Å². The Morgan fingerprint density at radius 2 is 1.70 bits per heavy atom. The fourth-order valence-electron chi connectivity index (χ4n) is 7.53. The molecular formula is C38H43N9O6. The number of nitrogens with two attached hydrogens (primary N) is 2. The van der Waals surface area contributed by atoms with E-state index in [2.05, 4.69) is 30.6 Å². The zero-order valence-electron chi connectivity index (χ0n) is 29.3. The molecule has 4 aliphatic rings. The Hall–Kier alpha value is -5.96. The van der Waals surface area contributed by atoms with Crippen LogP contribution in [0.15, 0.2) is 72.8 Å². The van der Waals surface area contributed by atoms with E-state index >= 15 is 0 Å². The lowest BCUT2D eigenvalue weighted by molar-refractivity contribution is -0.136. The van der Waals surface area contributed by atoms with E-state index in [1.807, 2.05) is 36.4 Å². The normalized spacial score (nSPS) is 22.4. The molecule has 5 amide bonds. The fraction of sp³-hybridized carbons (Fsp3) is 0.368. The third kappa shape index (κ3) is 7.94. The summed E-state index contributed by atoms with van der Waals surface area (Å²) < 4.78 is 5.80. The van der Waals surface area contributed by atoms with Gasteiger partial charge in [0.2, 0.25) is 17.7 Å². The minimum absolute atomic E-state index is 0.0110. The summed E-state index contributed by atoms with van der Waals surface area (Å²) in [5.74, 6) is -1.12. The number of fused-ring (bicyclic) bond motifs is 1. The summed E-state index contributed by atoms with van der Waals surface area (Å²) >= 11 is 0. The average Bonchev–Trinajstić information content (AvgIpc) is 3.87. The number of H-pyrrole nitrogens is 1. The molecule has 53 heavy (non-hydrogen) atoms. The average molecular weight is 722 g/mol. The number of benzene rings is 2. The third-order valence-electron chi connectivity index (χ3n) is 10.3. The number of piperidine rings is 1. The van der Waals surface area contributed by atoms with Crippen LogP contribution in [0.25, 0.3) is 0 Å². The molecule has 15 nitrogen and oxygen atoms in total. The molecule has 3 fully saturated rings. The van der Waals surface area contributed by atoms with Crippen LogP contribution in [0.2, 0.25) is 0 Å². The van der Waals surface area contributed by atoms with Gasteiger partial charge in [-0.25, -0.2) is 0 Å². The maximum absolute atomic E-state index is 13.3. The topological polar surface area (TPSA) is 209 Å². The molecule has 15 heteroatoms. The summed E-state index contributed by atoms with van der Waals surface area (Å²) in [7, 11) is 0. The molecule has 3 aromatic rings. The van der Waals surface area contributed by atoms with Crippen molar-refractivity contribution in [2.75, 3.05) is 36.4 Å². The van der Waals surface area contributed by atoms with Gasteiger partial charge >= 0.3 is 0 Å². The Morgan fingerprint density at radius 1 is 0.943 bits per heavy atom. The van der Waals surface area contributed by atoms with Crippen LogP contribution in [0.3, 0.4) is 0 Å². The Bertz CT molecular complexity index is 1960. The van der Waals surface area contributed by atoms with Gasteiger partial charge in [0, 0.05) is 62.5 Å². The van der Waals surface area contributed by atoms with Crippen molar-refractivity contribution in [1.29, 1.82) is 0 Å². The van der Waals surface area contributed by atoms with Crippen molar-refractivity contribution in [3.63, 3.8) is 0 Å². The molecule has 7 rings (SSSR count). The fourth-order valence-corrected chi connectivity index (χ4v) is 7.53. The van der Waals surface area contributed by atoms with Crippen LogP contribution in [0.4, 0.5) is 11.5 Å². The van der Waals surface area contributed by atoms with Crippen LogP contribution in [0.5, 0.6) is 0 Å². The van der Waals surface area contributed by atoms with Gasteiger partial charge < -0.3 is 26.4 Å². The standard InChI is InChI=1S/C38H43N9O6/c39-13-1-2-32(40)53-27-9-7-25(19-27)30-21-33(44-43-30)41-35(49)18-23-3-5-24(6-4-23)22-45-14-16-46(17-15-45)26-8-10-28-29(20-26)38(52)47(37(28)51)31-11-12-34(48)42-36(31)50/h1-6,8,10,13,20-21,25,27,31H,7,9,11-12,14-19,22,39-40H2,(H,42,48,50)(H2,41,43,44,49)/b13-1-,32-2+. The van der Waals surface area contributed by atoms with Gasteiger partial charge in [-0.3, -0.25) is 44.2 Å². The highest BCUT2D eigenvalue weighted by atomic mass is 16.5. The number of imide groups is 2. The molecule has 7 N–H and O–H groups in total. The first-order valence-electron chi connectivity index (χ1n) is 17.9. The zero-order chi connectivity index (χ0) is 37.1. The lowest BCUT2D eigenvalue weighted by Crippen LogP contribution is -2.54. The quantitative estimate of drug-likeness (QED) is 0.110. The van der Waals surface area contributed by atoms with E-state index in [1.165, 1.54) is 6.20 Å². The van der Waals surface area contributed by atoms with Crippen LogP contribution in [-0.4, -0.2) is 87.9 Å². The minimum Gasteiger partial charge on any atom is -0.476 e. The van der Waals surface area contributed by atoms with Gasteiger partial charge in [0.05, 0.1) is 17.5 Å². The lowest BCUT2D eigenvalue weighted by atomic mass is 10.0. The molecule has 1 aliphatic carbocycles. The molecule has 0 bridgehead atoms.